The van der Waals surface area contributed by atoms with Gasteiger partial charge >= 0.3 is 5.97 Å². The molecule has 0 radical (unpaired) electrons. The lowest BCUT2D eigenvalue weighted by Crippen LogP contribution is -2.30. The molecule has 0 unspecified atom stereocenters. The van der Waals surface area contributed by atoms with Gasteiger partial charge in [0.25, 0.3) is 5.91 Å². The largest absolute Gasteiger partial charge is 0.481 e. The monoisotopic (exact) mass is 373 g/mol. The Balaban J connectivity index is 1.59. The van der Waals surface area contributed by atoms with Gasteiger partial charge in [-0.25, -0.2) is 4.68 Å². The zero-order chi connectivity index (χ0) is 18.4. The Bertz CT molecular complexity index is 875. The first kappa shape index (κ1) is 17.1. The van der Waals surface area contributed by atoms with Gasteiger partial charge in [0.05, 0.1) is 16.6 Å². The van der Waals surface area contributed by atoms with E-state index >= 15 is 0 Å². The molecule has 136 valence electrons. The van der Waals surface area contributed by atoms with Crippen LogP contribution in [0.15, 0.2) is 30.5 Å². The van der Waals surface area contributed by atoms with Crippen molar-refractivity contribution in [1.82, 2.24) is 14.7 Å². The number of para-hydroxylation sites is 1. The van der Waals surface area contributed by atoms with Crippen molar-refractivity contribution in [1.29, 1.82) is 0 Å². The summed E-state index contributed by atoms with van der Waals surface area (Å²) in [7, 11) is 0. The molecule has 1 saturated carbocycles. The Morgan fingerprint density at radius 3 is 2.62 bits per heavy atom. The second-order valence-electron chi connectivity index (χ2n) is 7.21. The minimum absolute atomic E-state index is 0.0578. The minimum Gasteiger partial charge on any atom is -0.481 e. The van der Waals surface area contributed by atoms with Crippen LogP contribution in [-0.2, 0) is 4.79 Å². The van der Waals surface area contributed by atoms with E-state index < -0.39 is 11.9 Å². The lowest BCUT2D eigenvalue weighted by atomic mass is 9.92. The number of carbonyl (C=O) groups excluding carboxylic acids is 1. The van der Waals surface area contributed by atoms with Crippen LogP contribution in [0, 0.1) is 24.7 Å². The van der Waals surface area contributed by atoms with Gasteiger partial charge in [0.2, 0.25) is 0 Å². The molecule has 2 heterocycles. The number of hydrogen-bond acceptors (Lipinski definition) is 3. The Morgan fingerprint density at radius 1 is 1.23 bits per heavy atom. The number of benzene rings is 1. The van der Waals surface area contributed by atoms with Crippen LogP contribution in [0.4, 0.5) is 0 Å². The molecule has 1 saturated heterocycles. The first-order valence-corrected chi connectivity index (χ1v) is 9.16. The summed E-state index contributed by atoms with van der Waals surface area (Å²) >= 11 is 6.22. The summed E-state index contributed by atoms with van der Waals surface area (Å²) in [4.78, 5) is 26.2. The summed E-state index contributed by atoms with van der Waals surface area (Å²) < 4.78 is 1.61. The van der Waals surface area contributed by atoms with Crippen molar-refractivity contribution in [2.75, 3.05) is 13.1 Å². The minimum atomic E-state index is -0.810. The maximum atomic E-state index is 13.0. The van der Waals surface area contributed by atoms with Crippen LogP contribution in [0.1, 0.15) is 28.9 Å². The number of aryl methyl sites for hydroxylation is 1. The molecule has 2 aromatic rings. The van der Waals surface area contributed by atoms with E-state index in [1.165, 1.54) is 0 Å². The number of carboxylic acid groups (broad SMARTS) is 1. The van der Waals surface area contributed by atoms with Crippen LogP contribution in [0.2, 0.25) is 5.02 Å². The number of rotatable bonds is 4. The van der Waals surface area contributed by atoms with E-state index in [2.05, 4.69) is 5.10 Å². The van der Waals surface area contributed by atoms with Gasteiger partial charge in [0.1, 0.15) is 0 Å². The molecule has 1 N–H and O–H groups in total. The molecule has 2 atom stereocenters. The highest BCUT2D eigenvalue weighted by molar-refractivity contribution is 6.32. The van der Waals surface area contributed by atoms with E-state index in [0.29, 0.717) is 28.9 Å². The molecular weight excluding hydrogens is 354 g/mol. The molecule has 7 heteroatoms. The molecule has 1 aliphatic carbocycles. The second-order valence-corrected chi connectivity index (χ2v) is 7.62. The van der Waals surface area contributed by atoms with Crippen LogP contribution >= 0.6 is 11.6 Å². The molecule has 2 fully saturated rings. The van der Waals surface area contributed by atoms with Crippen LogP contribution in [0.3, 0.4) is 0 Å². The number of likely N-dealkylation sites (tertiary alicyclic amines) is 1. The Morgan fingerprint density at radius 2 is 1.96 bits per heavy atom. The summed E-state index contributed by atoms with van der Waals surface area (Å²) in [5, 5.41) is 14.5. The van der Waals surface area contributed by atoms with Gasteiger partial charge in [-0.3, -0.25) is 9.59 Å². The third kappa shape index (κ3) is 2.98. The van der Waals surface area contributed by atoms with Gasteiger partial charge in [0, 0.05) is 24.8 Å². The van der Waals surface area contributed by atoms with Crippen molar-refractivity contribution in [3.63, 3.8) is 0 Å². The number of aliphatic carboxylic acids is 1. The fraction of sp³-hybridized carbons (Fsp3) is 0.421. The van der Waals surface area contributed by atoms with Crippen molar-refractivity contribution < 1.29 is 14.7 Å². The van der Waals surface area contributed by atoms with Crippen LogP contribution in [0.25, 0.3) is 5.69 Å². The van der Waals surface area contributed by atoms with Crippen molar-refractivity contribution in [3.8, 4) is 5.69 Å². The van der Waals surface area contributed by atoms with E-state index in [1.54, 1.807) is 21.8 Å². The number of amides is 1. The first-order chi connectivity index (χ1) is 12.5. The van der Waals surface area contributed by atoms with Gasteiger partial charge in [-0.2, -0.15) is 5.10 Å². The second kappa shape index (κ2) is 6.43. The fourth-order valence-electron chi connectivity index (χ4n) is 3.84. The number of carboxylic acids is 1. The van der Waals surface area contributed by atoms with E-state index in [9.17, 15) is 14.7 Å². The number of nitrogens with zero attached hydrogens (tertiary/aromatic N) is 3. The molecule has 1 aromatic heterocycles. The zero-order valence-electron chi connectivity index (χ0n) is 14.4. The summed E-state index contributed by atoms with van der Waals surface area (Å²) in [5.41, 5.74) is 1.80. The Labute approximate surface area is 156 Å². The topological polar surface area (TPSA) is 75.4 Å². The lowest BCUT2D eigenvalue weighted by Gasteiger charge is -2.15. The molecular formula is C19H20ClN3O3. The molecule has 6 nitrogen and oxygen atoms in total. The van der Waals surface area contributed by atoms with E-state index in [-0.39, 0.29) is 18.4 Å². The summed E-state index contributed by atoms with van der Waals surface area (Å²) in [6, 6.07) is 7.30. The summed E-state index contributed by atoms with van der Waals surface area (Å²) in [6.07, 6.45) is 3.91. The highest BCUT2D eigenvalue weighted by Crippen LogP contribution is 2.44. The predicted octanol–water partition coefficient (Wildman–Crippen LogP) is 3.02. The maximum absolute atomic E-state index is 13.0. The van der Waals surface area contributed by atoms with Crippen molar-refractivity contribution >= 4 is 23.5 Å². The quantitative estimate of drug-likeness (QED) is 0.893. The van der Waals surface area contributed by atoms with Crippen molar-refractivity contribution in [2.24, 2.45) is 17.8 Å². The Kier molecular flexibility index (Phi) is 4.23. The SMILES string of the molecule is Cc1cn(-c2ccccc2Cl)nc1C(=O)N1C[C@H](C(=O)O)[C@@H](C2CC2)C1. The van der Waals surface area contributed by atoms with Gasteiger partial charge in [-0.1, -0.05) is 23.7 Å². The van der Waals surface area contributed by atoms with E-state index in [1.807, 2.05) is 25.1 Å². The van der Waals surface area contributed by atoms with E-state index in [4.69, 9.17) is 11.6 Å². The number of hydrogen-bond donors (Lipinski definition) is 1. The van der Waals surface area contributed by atoms with Crippen LogP contribution < -0.4 is 0 Å². The summed E-state index contributed by atoms with van der Waals surface area (Å²) in [5.74, 6) is -0.992. The predicted molar refractivity (Wildman–Crippen MR) is 96.6 cm³/mol. The molecule has 1 aromatic carbocycles. The molecule has 26 heavy (non-hydrogen) atoms. The van der Waals surface area contributed by atoms with Crippen LogP contribution in [0.5, 0.6) is 0 Å². The summed E-state index contributed by atoms with van der Waals surface area (Å²) in [6.45, 7) is 2.59. The number of halogens is 1. The van der Waals surface area contributed by atoms with Gasteiger partial charge < -0.3 is 10.0 Å². The first-order valence-electron chi connectivity index (χ1n) is 8.79. The molecule has 4 rings (SSSR count). The molecule has 1 amide bonds. The van der Waals surface area contributed by atoms with E-state index in [0.717, 1.165) is 18.4 Å². The molecule has 2 aliphatic rings. The van der Waals surface area contributed by atoms with Crippen LogP contribution in [-0.4, -0.2) is 44.8 Å². The fourth-order valence-corrected chi connectivity index (χ4v) is 4.06. The number of carbonyl (C=O) groups is 2. The average Bonchev–Trinajstić information content (AvgIpc) is 3.23. The van der Waals surface area contributed by atoms with Crippen molar-refractivity contribution in [2.45, 2.75) is 19.8 Å². The van der Waals surface area contributed by atoms with Gasteiger partial charge in [-0.05, 0) is 43.7 Å². The smallest absolute Gasteiger partial charge is 0.308 e. The third-order valence-electron chi connectivity index (χ3n) is 5.40. The van der Waals surface area contributed by atoms with Gasteiger partial charge in [-0.15, -0.1) is 0 Å². The normalized spacial score (nSPS) is 22.6. The molecule has 0 bridgehead atoms. The molecule has 1 aliphatic heterocycles. The molecule has 0 spiro atoms. The average molecular weight is 374 g/mol. The zero-order valence-corrected chi connectivity index (χ0v) is 15.2. The third-order valence-corrected chi connectivity index (χ3v) is 5.72. The van der Waals surface area contributed by atoms with Crippen molar-refractivity contribution in [3.05, 3.63) is 46.7 Å². The number of aromatic nitrogens is 2. The Hall–Kier alpha value is -2.34. The highest BCUT2D eigenvalue weighted by atomic mass is 35.5. The maximum Gasteiger partial charge on any atom is 0.308 e. The lowest BCUT2D eigenvalue weighted by molar-refractivity contribution is -0.142. The highest BCUT2D eigenvalue weighted by Gasteiger charge is 2.47. The van der Waals surface area contributed by atoms with Gasteiger partial charge in [0.15, 0.2) is 5.69 Å². The standard InChI is InChI=1S/C19H20ClN3O3/c1-11-8-23(16-5-3-2-4-15(16)20)21-17(11)18(24)22-9-13(12-6-7-12)14(10-22)19(25)26/h2-5,8,12-14H,6-7,9-10H2,1H3,(H,25,26)/t13-,14+/m1/s1.